The smallest absolute Gasteiger partial charge is 0.387 e. The van der Waals surface area contributed by atoms with Gasteiger partial charge in [0.2, 0.25) is 0 Å². The average molecular weight is 331 g/mol. The van der Waals surface area contributed by atoms with Crippen molar-refractivity contribution in [2.45, 2.75) is 13.2 Å². The molecule has 78 valence electrons. The summed E-state index contributed by atoms with van der Waals surface area (Å²) in [5.41, 5.74) is 6.11. The third kappa shape index (κ3) is 2.90. The van der Waals surface area contributed by atoms with Gasteiger partial charge in [0.1, 0.15) is 5.75 Å². The SMILES string of the molecule is NCc1cc(Br)c(Br)c(OC(F)F)c1. The highest BCUT2D eigenvalue weighted by Crippen LogP contribution is 2.34. The minimum absolute atomic E-state index is 0.0785. The summed E-state index contributed by atoms with van der Waals surface area (Å²) in [6.07, 6.45) is 0. The molecular weight excluding hydrogens is 324 g/mol. The monoisotopic (exact) mass is 329 g/mol. The summed E-state index contributed by atoms with van der Waals surface area (Å²) in [6, 6.07) is 3.21. The van der Waals surface area contributed by atoms with Gasteiger partial charge in [0.05, 0.1) is 4.47 Å². The molecule has 0 saturated heterocycles. The number of benzene rings is 1. The molecule has 1 rings (SSSR count). The van der Waals surface area contributed by atoms with E-state index in [-0.39, 0.29) is 12.3 Å². The van der Waals surface area contributed by atoms with Gasteiger partial charge in [-0.25, -0.2) is 0 Å². The molecule has 0 saturated carbocycles. The number of halogens is 4. The van der Waals surface area contributed by atoms with Crippen molar-refractivity contribution in [3.63, 3.8) is 0 Å². The first-order valence-corrected chi connectivity index (χ1v) is 5.26. The Hall–Kier alpha value is -0.200. The van der Waals surface area contributed by atoms with Gasteiger partial charge in [-0.1, -0.05) is 0 Å². The molecule has 0 amide bonds. The van der Waals surface area contributed by atoms with Crippen LogP contribution in [0.3, 0.4) is 0 Å². The van der Waals surface area contributed by atoms with Gasteiger partial charge in [-0.05, 0) is 49.6 Å². The number of rotatable bonds is 3. The number of hydrogen-bond acceptors (Lipinski definition) is 2. The maximum absolute atomic E-state index is 12.0. The van der Waals surface area contributed by atoms with Crippen LogP contribution < -0.4 is 10.5 Å². The molecule has 0 fully saturated rings. The predicted octanol–water partition coefficient (Wildman–Crippen LogP) is 3.27. The van der Waals surface area contributed by atoms with Crippen molar-refractivity contribution < 1.29 is 13.5 Å². The van der Waals surface area contributed by atoms with Crippen LogP contribution in [0.4, 0.5) is 8.78 Å². The van der Waals surface area contributed by atoms with Crippen LogP contribution in [-0.2, 0) is 6.54 Å². The fraction of sp³-hybridized carbons (Fsp3) is 0.250. The van der Waals surface area contributed by atoms with Gasteiger partial charge in [-0.15, -0.1) is 0 Å². The molecule has 0 aliphatic heterocycles. The number of alkyl halides is 2. The van der Waals surface area contributed by atoms with E-state index < -0.39 is 6.61 Å². The van der Waals surface area contributed by atoms with E-state index in [0.717, 1.165) is 5.56 Å². The third-order valence-electron chi connectivity index (χ3n) is 1.51. The van der Waals surface area contributed by atoms with Gasteiger partial charge in [0.15, 0.2) is 0 Å². The second-order valence-electron chi connectivity index (χ2n) is 2.47. The zero-order valence-electron chi connectivity index (χ0n) is 6.94. The second-order valence-corrected chi connectivity index (χ2v) is 4.12. The van der Waals surface area contributed by atoms with Crippen LogP contribution in [0.5, 0.6) is 5.75 Å². The van der Waals surface area contributed by atoms with Gasteiger partial charge in [-0.2, -0.15) is 8.78 Å². The van der Waals surface area contributed by atoms with Gasteiger partial charge in [-0.3, -0.25) is 0 Å². The maximum Gasteiger partial charge on any atom is 0.387 e. The molecule has 0 aliphatic rings. The van der Waals surface area contributed by atoms with Crippen LogP contribution in [0.15, 0.2) is 21.1 Å². The summed E-state index contributed by atoms with van der Waals surface area (Å²) < 4.78 is 29.3. The summed E-state index contributed by atoms with van der Waals surface area (Å²) in [7, 11) is 0. The van der Waals surface area contributed by atoms with E-state index in [4.69, 9.17) is 5.73 Å². The summed E-state index contributed by atoms with van der Waals surface area (Å²) in [5, 5.41) is 0. The molecule has 1 aromatic rings. The lowest BCUT2D eigenvalue weighted by atomic mass is 10.2. The second kappa shape index (κ2) is 5.04. The van der Waals surface area contributed by atoms with Crippen LogP contribution in [0, 0.1) is 0 Å². The zero-order valence-corrected chi connectivity index (χ0v) is 10.1. The third-order valence-corrected chi connectivity index (χ3v) is 3.48. The topological polar surface area (TPSA) is 35.2 Å². The Labute approximate surface area is 96.7 Å². The first-order chi connectivity index (χ1) is 6.54. The lowest BCUT2D eigenvalue weighted by Crippen LogP contribution is -2.04. The van der Waals surface area contributed by atoms with Crippen molar-refractivity contribution >= 4 is 31.9 Å². The molecule has 2 N–H and O–H groups in total. The number of ether oxygens (including phenoxy) is 1. The van der Waals surface area contributed by atoms with E-state index in [0.29, 0.717) is 8.95 Å². The van der Waals surface area contributed by atoms with Crippen molar-refractivity contribution in [2.24, 2.45) is 5.73 Å². The van der Waals surface area contributed by atoms with Crippen molar-refractivity contribution in [1.82, 2.24) is 0 Å². The van der Waals surface area contributed by atoms with Gasteiger partial charge < -0.3 is 10.5 Å². The molecule has 0 aliphatic carbocycles. The van der Waals surface area contributed by atoms with Crippen LogP contribution >= 0.6 is 31.9 Å². The lowest BCUT2D eigenvalue weighted by molar-refractivity contribution is -0.0504. The maximum atomic E-state index is 12.0. The highest BCUT2D eigenvalue weighted by molar-refractivity contribution is 9.13. The Bertz CT molecular complexity index is 333. The molecule has 2 nitrogen and oxygen atoms in total. The summed E-state index contributed by atoms with van der Waals surface area (Å²) in [5.74, 6) is 0.0785. The highest BCUT2D eigenvalue weighted by atomic mass is 79.9. The van der Waals surface area contributed by atoms with Gasteiger partial charge in [0, 0.05) is 11.0 Å². The quantitative estimate of drug-likeness (QED) is 0.923. The Morgan fingerprint density at radius 2 is 2.00 bits per heavy atom. The van der Waals surface area contributed by atoms with E-state index >= 15 is 0 Å². The largest absolute Gasteiger partial charge is 0.434 e. The van der Waals surface area contributed by atoms with Crippen LogP contribution in [0.1, 0.15) is 5.56 Å². The highest BCUT2D eigenvalue weighted by Gasteiger charge is 2.11. The molecular formula is C8H7Br2F2NO. The van der Waals surface area contributed by atoms with Crippen molar-refractivity contribution in [1.29, 1.82) is 0 Å². The Balaban J connectivity index is 3.07. The first kappa shape index (κ1) is 11.9. The van der Waals surface area contributed by atoms with E-state index in [1.54, 1.807) is 6.07 Å². The molecule has 0 spiro atoms. The van der Waals surface area contributed by atoms with Gasteiger partial charge in [0.25, 0.3) is 0 Å². The number of nitrogens with two attached hydrogens (primary N) is 1. The minimum atomic E-state index is -2.84. The molecule has 0 atom stereocenters. The molecule has 0 aromatic heterocycles. The molecule has 14 heavy (non-hydrogen) atoms. The van der Waals surface area contributed by atoms with Crippen LogP contribution in [0.25, 0.3) is 0 Å². The standard InChI is InChI=1S/C8H7Br2F2NO/c9-5-1-4(3-13)2-6(7(5)10)14-8(11)12/h1-2,8H,3,13H2. The van der Waals surface area contributed by atoms with Crippen molar-refractivity contribution in [3.05, 3.63) is 26.6 Å². The van der Waals surface area contributed by atoms with Crippen molar-refractivity contribution in [2.75, 3.05) is 0 Å². The fourth-order valence-electron chi connectivity index (χ4n) is 0.917. The first-order valence-electron chi connectivity index (χ1n) is 3.67. The normalized spacial score (nSPS) is 10.7. The Kier molecular flexibility index (Phi) is 4.28. The Morgan fingerprint density at radius 1 is 1.36 bits per heavy atom. The molecule has 0 radical (unpaired) electrons. The van der Waals surface area contributed by atoms with Crippen molar-refractivity contribution in [3.8, 4) is 5.75 Å². The predicted molar refractivity (Wildman–Crippen MR) is 56.4 cm³/mol. The van der Waals surface area contributed by atoms with Gasteiger partial charge >= 0.3 is 6.61 Å². The number of hydrogen-bond donors (Lipinski definition) is 1. The molecule has 1 aromatic carbocycles. The van der Waals surface area contributed by atoms with E-state index in [9.17, 15) is 8.78 Å². The van der Waals surface area contributed by atoms with E-state index in [2.05, 4.69) is 36.6 Å². The minimum Gasteiger partial charge on any atom is -0.434 e. The fourth-order valence-corrected chi connectivity index (χ4v) is 1.73. The molecule has 6 heteroatoms. The van der Waals surface area contributed by atoms with E-state index in [1.807, 2.05) is 0 Å². The molecule has 0 bridgehead atoms. The van der Waals surface area contributed by atoms with Crippen LogP contribution in [0.2, 0.25) is 0 Å². The summed E-state index contributed by atoms with van der Waals surface area (Å²) >= 11 is 6.33. The summed E-state index contributed by atoms with van der Waals surface area (Å²) in [4.78, 5) is 0. The summed E-state index contributed by atoms with van der Waals surface area (Å²) in [6.45, 7) is -2.57. The Morgan fingerprint density at radius 3 is 2.50 bits per heavy atom. The van der Waals surface area contributed by atoms with Crippen LogP contribution in [-0.4, -0.2) is 6.61 Å². The molecule has 0 unspecified atom stereocenters. The molecule has 0 heterocycles. The lowest BCUT2D eigenvalue weighted by Gasteiger charge is -2.09. The van der Waals surface area contributed by atoms with E-state index in [1.165, 1.54) is 6.07 Å². The average Bonchev–Trinajstić information content (AvgIpc) is 2.11. The zero-order chi connectivity index (χ0) is 10.7.